The van der Waals surface area contributed by atoms with Gasteiger partial charge in [-0.05, 0) is 31.5 Å². The molecule has 17 heavy (non-hydrogen) atoms. The van der Waals surface area contributed by atoms with Crippen molar-refractivity contribution in [2.45, 2.75) is 26.3 Å². The second-order valence-corrected chi connectivity index (χ2v) is 3.94. The molecule has 0 fully saturated rings. The van der Waals surface area contributed by atoms with Crippen molar-refractivity contribution in [3.8, 4) is 0 Å². The molecule has 5 nitrogen and oxygen atoms in total. The number of carbonyl (C=O) groups excluding carboxylic acids is 2. The van der Waals surface area contributed by atoms with E-state index in [0.717, 1.165) is 6.42 Å². The van der Waals surface area contributed by atoms with Crippen molar-refractivity contribution in [1.82, 2.24) is 0 Å². The zero-order chi connectivity index (χ0) is 13.0. The van der Waals surface area contributed by atoms with Crippen LogP contribution in [-0.2, 0) is 0 Å². The third-order valence-corrected chi connectivity index (χ3v) is 2.58. The maximum atomic E-state index is 11.2. The number of primary amides is 2. The van der Waals surface area contributed by atoms with Gasteiger partial charge in [-0.25, -0.2) is 0 Å². The van der Waals surface area contributed by atoms with Gasteiger partial charge in [-0.3, -0.25) is 9.59 Å². The average molecular weight is 235 g/mol. The van der Waals surface area contributed by atoms with Crippen LogP contribution in [0.4, 0.5) is 5.69 Å². The molecule has 1 aromatic carbocycles. The number of anilines is 1. The van der Waals surface area contributed by atoms with Gasteiger partial charge in [0.25, 0.3) is 5.91 Å². The predicted molar refractivity (Wildman–Crippen MR) is 66.9 cm³/mol. The minimum absolute atomic E-state index is 0.177. The Kier molecular flexibility index (Phi) is 4.09. The van der Waals surface area contributed by atoms with Gasteiger partial charge in [0.05, 0.1) is 5.56 Å². The molecule has 5 heteroatoms. The molecule has 1 aromatic rings. The van der Waals surface area contributed by atoms with Crippen LogP contribution in [0, 0.1) is 0 Å². The fourth-order valence-corrected chi connectivity index (χ4v) is 1.40. The van der Waals surface area contributed by atoms with E-state index >= 15 is 0 Å². The van der Waals surface area contributed by atoms with Crippen molar-refractivity contribution in [2.24, 2.45) is 11.5 Å². The highest BCUT2D eigenvalue weighted by molar-refractivity contribution is 6.01. The van der Waals surface area contributed by atoms with E-state index in [2.05, 4.69) is 5.32 Å². The number of nitrogens with two attached hydrogens (primary N) is 2. The van der Waals surface area contributed by atoms with Crippen LogP contribution in [0.3, 0.4) is 0 Å². The summed E-state index contributed by atoms with van der Waals surface area (Å²) in [6.07, 6.45) is 0.888. The van der Waals surface area contributed by atoms with E-state index in [4.69, 9.17) is 11.5 Å². The Bertz CT molecular complexity index is 443. The Morgan fingerprint density at radius 3 is 2.41 bits per heavy atom. The van der Waals surface area contributed by atoms with Crippen LogP contribution >= 0.6 is 0 Å². The first-order valence-corrected chi connectivity index (χ1v) is 5.46. The van der Waals surface area contributed by atoms with Crippen LogP contribution in [0.25, 0.3) is 0 Å². The molecule has 0 aliphatic heterocycles. The summed E-state index contributed by atoms with van der Waals surface area (Å²) in [7, 11) is 0. The van der Waals surface area contributed by atoms with E-state index in [1.54, 1.807) is 6.07 Å². The number of carbonyl (C=O) groups is 2. The molecule has 0 aliphatic rings. The van der Waals surface area contributed by atoms with Crippen molar-refractivity contribution in [3.63, 3.8) is 0 Å². The molecule has 1 rings (SSSR count). The summed E-state index contributed by atoms with van der Waals surface area (Å²) in [6.45, 7) is 3.99. The Labute approximate surface area is 100 Å². The van der Waals surface area contributed by atoms with Gasteiger partial charge >= 0.3 is 0 Å². The molecule has 0 bridgehead atoms. The number of benzene rings is 1. The van der Waals surface area contributed by atoms with Gasteiger partial charge in [0.15, 0.2) is 0 Å². The van der Waals surface area contributed by atoms with Crippen LogP contribution in [-0.4, -0.2) is 17.9 Å². The molecule has 0 aliphatic carbocycles. The molecular weight excluding hydrogens is 218 g/mol. The van der Waals surface area contributed by atoms with Crippen LogP contribution < -0.4 is 16.8 Å². The number of nitrogens with one attached hydrogen (secondary N) is 1. The second-order valence-electron chi connectivity index (χ2n) is 3.94. The maximum absolute atomic E-state index is 11.2. The minimum atomic E-state index is -0.535. The van der Waals surface area contributed by atoms with Crippen molar-refractivity contribution in [1.29, 1.82) is 0 Å². The Morgan fingerprint density at radius 1 is 1.29 bits per heavy atom. The summed E-state index contributed by atoms with van der Waals surface area (Å²) in [5, 5.41) is 3.13. The first-order valence-electron chi connectivity index (χ1n) is 5.46. The Morgan fingerprint density at radius 2 is 1.94 bits per heavy atom. The maximum Gasteiger partial charge on any atom is 0.250 e. The molecule has 92 valence electrons. The van der Waals surface area contributed by atoms with Crippen LogP contribution in [0.5, 0.6) is 0 Å². The number of hydrogen-bond acceptors (Lipinski definition) is 3. The van der Waals surface area contributed by atoms with E-state index in [1.165, 1.54) is 12.1 Å². The topological polar surface area (TPSA) is 98.2 Å². The molecule has 0 radical (unpaired) electrons. The number of amides is 2. The molecule has 0 heterocycles. The Hall–Kier alpha value is -2.04. The zero-order valence-electron chi connectivity index (χ0n) is 9.99. The minimum Gasteiger partial charge on any atom is -0.382 e. The molecule has 0 spiro atoms. The predicted octanol–water partition coefficient (Wildman–Crippen LogP) is 1.09. The largest absolute Gasteiger partial charge is 0.382 e. The number of rotatable bonds is 5. The molecule has 2 amide bonds. The highest BCUT2D eigenvalue weighted by Gasteiger charge is 2.12. The molecule has 1 atom stereocenters. The highest BCUT2D eigenvalue weighted by Crippen LogP contribution is 2.19. The normalized spacial score (nSPS) is 11.9. The van der Waals surface area contributed by atoms with Gasteiger partial charge in [0.2, 0.25) is 5.91 Å². The second kappa shape index (κ2) is 5.34. The zero-order valence-corrected chi connectivity index (χ0v) is 9.99. The van der Waals surface area contributed by atoms with E-state index in [9.17, 15) is 9.59 Å². The standard InChI is InChI=1S/C12H17N3O2/c1-3-7(2)15-10-6-8(11(13)16)4-5-9(10)12(14)17/h4-7,15H,3H2,1-2H3,(H2,13,16)(H2,14,17). The summed E-state index contributed by atoms with van der Waals surface area (Å²) in [5.74, 6) is -1.07. The molecular formula is C12H17N3O2. The first kappa shape index (κ1) is 13.0. The molecule has 0 aromatic heterocycles. The van der Waals surface area contributed by atoms with E-state index in [0.29, 0.717) is 16.8 Å². The van der Waals surface area contributed by atoms with Gasteiger partial charge in [0.1, 0.15) is 0 Å². The lowest BCUT2D eigenvalue weighted by atomic mass is 10.1. The molecule has 0 saturated carbocycles. The summed E-state index contributed by atoms with van der Waals surface area (Å²) < 4.78 is 0. The SMILES string of the molecule is CCC(C)Nc1cc(C(N)=O)ccc1C(N)=O. The van der Waals surface area contributed by atoms with Gasteiger partial charge in [0, 0.05) is 17.3 Å². The van der Waals surface area contributed by atoms with E-state index < -0.39 is 11.8 Å². The van der Waals surface area contributed by atoms with Crippen LogP contribution in [0.15, 0.2) is 18.2 Å². The van der Waals surface area contributed by atoms with Gasteiger partial charge in [-0.2, -0.15) is 0 Å². The van der Waals surface area contributed by atoms with Crippen LogP contribution in [0.2, 0.25) is 0 Å². The Balaban J connectivity index is 3.15. The van der Waals surface area contributed by atoms with Gasteiger partial charge < -0.3 is 16.8 Å². The monoisotopic (exact) mass is 235 g/mol. The fraction of sp³-hybridized carbons (Fsp3) is 0.333. The summed E-state index contributed by atoms with van der Waals surface area (Å²) in [6, 6.07) is 4.72. The van der Waals surface area contributed by atoms with Crippen molar-refractivity contribution in [2.75, 3.05) is 5.32 Å². The first-order chi connectivity index (χ1) is 7.95. The number of hydrogen-bond donors (Lipinski definition) is 3. The summed E-state index contributed by atoms with van der Waals surface area (Å²) >= 11 is 0. The van der Waals surface area contributed by atoms with Crippen molar-refractivity contribution >= 4 is 17.5 Å². The third-order valence-electron chi connectivity index (χ3n) is 2.58. The van der Waals surface area contributed by atoms with Gasteiger partial charge in [-0.15, -0.1) is 0 Å². The lowest BCUT2D eigenvalue weighted by Crippen LogP contribution is -2.20. The van der Waals surface area contributed by atoms with E-state index in [1.807, 2.05) is 13.8 Å². The van der Waals surface area contributed by atoms with Crippen LogP contribution in [0.1, 0.15) is 41.0 Å². The third kappa shape index (κ3) is 3.21. The van der Waals surface area contributed by atoms with Gasteiger partial charge in [-0.1, -0.05) is 6.92 Å². The molecule has 0 saturated heterocycles. The molecule has 1 unspecified atom stereocenters. The lowest BCUT2D eigenvalue weighted by molar-refractivity contribution is 0.0989. The fourth-order valence-electron chi connectivity index (χ4n) is 1.40. The average Bonchev–Trinajstić information content (AvgIpc) is 2.28. The smallest absolute Gasteiger partial charge is 0.250 e. The quantitative estimate of drug-likeness (QED) is 0.712. The lowest BCUT2D eigenvalue weighted by Gasteiger charge is -2.16. The highest BCUT2D eigenvalue weighted by atomic mass is 16.1. The van der Waals surface area contributed by atoms with Crippen molar-refractivity contribution in [3.05, 3.63) is 29.3 Å². The summed E-state index contributed by atoms with van der Waals surface area (Å²) in [4.78, 5) is 22.3. The van der Waals surface area contributed by atoms with Crippen molar-refractivity contribution < 1.29 is 9.59 Å². The summed E-state index contributed by atoms with van der Waals surface area (Å²) in [5.41, 5.74) is 11.7. The van der Waals surface area contributed by atoms with E-state index in [-0.39, 0.29) is 6.04 Å². The molecule has 5 N–H and O–H groups in total.